The number of fused-ring (bicyclic) bond motifs is 1. The van der Waals surface area contributed by atoms with Gasteiger partial charge in [0, 0.05) is 50.3 Å². The Balaban J connectivity index is 1.93. The van der Waals surface area contributed by atoms with Crippen LogP contribution in [0.3, 0.4) is 0 Å². The van der Waals surface area contributed by atoms with Gasteiger partial charge in [-0.15, -0.1) is 5.11 Å². The van der Waals surface area contributed by atoms with Gasteiger partial charge in [0.1, 0.15) is 15.6 Å². The quantitative estimate of drug-likeness (QED) is 0.329. The van der Waals surface area contributed by atoms with E-state index in [1.54, 1.807) is 6.20 Å². The second kappa shape index (κ2) is 8.88. The Morgan fingerprint density at radius 3 is 2.52 bits per heavy atom. The minimum Gasteiger partial charge on any atom is -0.362 e. The summed E-state index contributed by atoms with van der Waals surface area (Å²) in [7, 11) is -8.92. The van der Waals surface area contributed by atoms with E-state index < -0.39 is 35.9 Å². The fourth-order valence-electron chi connectivity index (χ4n) is 3.74. The molecule has 0 aliphatic carbocycles. The summed E-state index contributed by atoms with van der Waals surface area (Å²) < 4.78 is 56.1. The first-order valence-corrected chi connectivity index (χ1v) is 13.0. The van der Waals surface area contributed by atoms with Crippen molar-refractivity contribution in [1.29, 1.82) is 0 Å². The molecule has 1 aromatic carbocycles. The predicted molar refractivity (Wildman–Crippen MR) is 120 cm³/mol. The maximum atomic E-state index is 13.1. The normalized spacial score (nSPS) is 16.4. The zero-order valence-electron chi connectivity index (χ0n) is 17.5. The summed E-state index contributed by atoms with van der Waals surface area (Å²) in [5, 5.41) is 13.3. The van der Waals surface area contributed by atoms with Crippen LogP contribution in [0.15, 0.2) is 49.5 Å². The van der Waals surface area contributed by atoms with Gasteiger partial charge in [-0.05, 0) is 12.1 Å². The van der Waals surface area contributed by atoms with Gasteiger partial charge in [0.05, 0.1) is 12.1 Å². The molecule has 2 aliphatic rings. The number of imidazole rings is 1. The molecule has 3 heterocycles. The van der Waals surface area contributed by atoms with Gasteiger partial charge >= 0.3 is 0 Å². The Labute approximate surface area is 190 Å². The summed E-state index contributed by atoms with van der Waals surface area (Å²) in [5.41, 5.74) is 11.5. The summed E-state index contributed by atoms with van der Waals surface area (Å²) in [6, 6.07) is 1.91. The van der Waals surface area contributed by atoms with Crippen molar-refractivity contribution < 1.29 is 16.8 Å². The molecule has 178 valence electrons. The Hall–Kier alpha value is -2.76. The number of anilines is 1. The number of nitrogens with zero attached hydrogens (tertiary/aromatic N) is 6. The minimum absolute atomic E-state index is 0.0130. The van der Waals surface area contributed by atoms with Gasteiger partial charge in [0.25, 0.3) is 0 Å². The molecule has 0 fully saturated rings. The molecule has 2 aromatic rings. The molecule has 0 bridgehead atoms. The van der Waals surface area contributed by atoms with E-state index in [0.717, 1.165) is 5.82 Å². The zero-order chi connectivity index (χ0) is 23.8. The monoisotopic (exact) mass is 496 g/mol. The van der Waals surface area contributed by atoms with Crippen molar-refractivity contribution in [3.63, 3.8) is 0 Å². The van der Waals surface area contributed by atoms with Crippen molar-refractivity contribution in [3.8, 4) is 0 Å². The highest BCUT2D eigenvalue weighted by atomic mass is 32.2. The van der Waals surface area contributed by atoms with Crippen LogP contribution in [0.1, 0.15) is 11.4 Å². The number of sulfonamides is 2. The number of amidine groups is 1. The second-order valence-corrected chi connectivity index (χ2v) is 10.6. The molecule has 16 heteroatoms. The van der Waals surface area contributed by atoms with E-state index in [0.29, 0.717) is 25.3 Å². The lowest BCUT2D eigenvalue weighted by molar-refractivity contribution is 0.547. The van der Waals surface area contributed by atoms with Crippen LogP contribution in [-0.4, -0.2) is 64.6 Å². The zero-order valence-corrected chi connectivity index (χ0v) is 19.1. The average Bonchev–Trinajstić information content (AvgIpc) is 3.47. The third-order valence-electron chi connectivity index (χ3n) is 5.32. The van der Waals surface area contributed by atoms with E-state index >= 15 is 0 Å². The van der Waals surface area contributed by atoms with Crippen LogP contribution in [0.4, 0.5) is 5.69 Å². The number of hydrogen-bond acceptors (Lipinski definition) is 11. The van der Waals surface area contributed by atoms with Gasteiger partial charge in [-0.3, -0.25) is 0 Å². The van der Waals surface area contributed by atoms with Gasteiger partial charge in [0.2, 0.25) is 20.0 Å². The Bertz CT molecular complexity index is 1330. The highest BCUT2D eigenvalue weighted by Gasteiger charge is 2.35. The van der Waals surface area contributed by atoms with E-state index in [9.17, 15) is 16.8 Å². The molecule has 4 rings (SSSR count). The van der Waals surface area contributed by atoms with E-state index in [-0.39, 0.29) is 31.2 Å². The second-order valence-electron chi connectivity index (χ2n) is 7.44. The maximum Gasteiger partial charge on any atom is 0.242 e. The Kier molecular flexibility index (Phi) is 6.30. The smallest absolute Gasteiger partial charge is 0.242 e. The van der Waals surface area contributed by atoms with E-state index in [4.69, 9.17) is 16.6 Å². The van der Waals surface area contributed by atoms with Gasteiger partial charge in [0.15, 0.2) is 12.5 Å². The lowest BCUT2D eigenvalue weighted by atomic mass is 10.1. The Morgan fingerprint density at radius 1 is 1.12 bits per heavy atom. The number of aromatic nitrogens is 2. The SMILES string of the molecule is NCC(CN)NS(=O)(=O)c1ccc(N2CCn3ccnc3C2)c(C2=NCN=N2)c1S(N)(=O)=O. The molecule has 0 spiro atoms. The number of primary sulfonamides is 1. The molecular weight excluding hydrogens is 472 g/mol. The first-order chi connectivity index (χ1) is 15.7. The molecule has 0 atom stereocenters. The van der Waals surface area contributed by atoms with Gasteiger partial charge in [-0.2, -0.15) is 5.11 Å². The first-order valence-electron chi connectivity index (χ1n) is 9.95. The van der Waals surface area contributed by atoms with Gasteiger partial charge < -0.3 is 20.9 Å². The standard InChI is InChI=1S/C17H24N10O4S2/c18-7-11(8-19)25-33(30,31)13-2-1-12(27-6-5-26-4-3-21-14(26)9-27)15(16(13)32(20,28)29)17-22-10-23-24-17/h1-4,11,25H,5-10,18-19H2,(H2,20,28,29). The number of nitrogens with two attached hydrogens (primary N) is 3. The van der Waals surface area contributed by atoms with Crippen molar-refractivity contribution in [2.75, 3.05) is 31.2 Å². The molecule has 2 aliphatic heterocycles. The molecule has 0 amide bonds. The van der Waals surface area contributed by atoms with Crippen LogP contribution in [0.25, 0.3) is 0 Å². The molecule has 33 heavy (non-hydrogen) atoms. The number of hydrogen-bond donors (Lipinski definition) is 4. The van der Waals surface area contributed by atoms with Crippen LogP contribution in [0.2, 0.25) is 0 Å². The van der Waals surface area contributed by atoms with Crippen molar-refractivity contribution in [1.82, 2.24) is 14.3 Å². The summed E-state index contributed by atoms with van der Waals surface area (Å²) in [6.45, 7) is 1.31. The predicted octanol–water partition coefficient (Wildman–Crippen LogP) is -1.72. The summed E-state index contributed by atoms with van der Waals surface area (Å²) in [5.74, 6) is 0.751. The number of aliphatic imine (C=N–C) groups is 1. The maximum absolute atomic E-state index is 13.1. The summed E-state index contributed by atoms with van der Waals surface area (Å²) >= 11 is 0. The molecule has 0 radical (unpaired) electrons. The summed E-state index contributed by atoms with van der Waals surface area (Å²) in [6.07, 6.45) is 3.53. The lowest BCUT2D eigenvalue weighted by Gasteiger charge is -2.32. The van der Waals surface area contributed by atoms with Crippen LogP contribution >= 0.6 is 0 Å². The summed E-state index contributed by atoms with van der Waals surface area (Å²) in [4.78, 5) is 9.17. The van der Waals surface area contributed by atoms with Gasteiger partial charge in [-0.1, -0.05) is 0 Å². The van der Waals surface area contributed by atoms with E-state index in [2.05, 4.69) is 24.9 Å². The van der Waals surface area contributed by atoms with Crippen molar-refractivity contribution in [2.45, 2.75) is 28.9 Å². The van der Waals surface area contributed by atoms with E-state index in [1.165, 1.54) is 12.1 Å². The fourth-order valence-corrected chi connectivity index (χ4v) is 6.60. The van der Waals surface area contributed by atoms with Gasteiger partial charge in [-0.25, -0.2) is 36.7 Å². The Morgan fingerprint density at radius 2 is 1.88 bits per heavy atom. The van der Waals surface area contributed by atoms with Crippen LogP contribution in [0, 0.1) is 0 Å². The molecule has 0 unspecified atom stereocenters. The molecule has 0 saturated carbocycles. The van der Waals surface area contributed by atoms with Crippen molar-refractivity contribution in [3.05, 3.63) is 35.9 Å². The minimum atomic E-state index is -4.56. The highest BCUT2D eigenvalue weighted by Crippen LogP contribution is 2.35. The molecular formula is C17H24N10O4S2. The third kappa shape index (κ3) is 4.53. The number of rotatable bonds is 8. The number of nitrogens with one attached hydrogen (secondary N) is 1. The topological polar surface area (TPSA) is 217 Å². The van der Waals surface area contributed by atoms with Crippen molar-refractivity contribution in [2.24, 2.45) is 31.8 Å². The number of azo groups is 1. The number of benzene rings is 1. The van der Waals surface area contributed by atoms with E-state index in [1.807, 2.05) is 15.7 Å². The molecule has 7 N–H and O–H groups in total. The molecule has 14 nitrogen and oxygen atoms in total. The molecule has 0 saturated heterocycles. The van der Waals surface area contributed by atoms with Crippen molar-refractivity contribution >= 4 is 31.6 Å². The molecule has 1 aromatic heterocycles. The third-order valence-corrected chi connectivity index (χ3v) is 8.01. The first kappa shape index (κ1) is 23.4. The van der Waals surface area contributed by atoms with Crippen LogP contribution in [-0.2, 0) is 33.1 Å². The average molecular weight is 497 g/mol. The lowest BCUT2D eigenvalue weighted by Crippen LogP contribution is -2.45. The van der Waals surface area contributed by atoms with Crippen LogP contribution in [0.5, 0.6) is 0 Å². The fraction of sp³-hybridized carbons (Fsp3) is 0.412. The highest BCUT2D eigenvalue weighted by molar-refractivity contribution is 7.92. The van der Waals surface area contributed by atoms with Crippen LogP contribution < -0.4 is 26.2 Å². The largest absolute Gasteiger partial charge is 0.362 e.